The van der Waals surface area contributed by atoms with Gasteiger partial charge in [0.2, 0.25) is 0 Å². The SMILES string of the molecule is CCOc1ccc(NC(=O)c2cc(C)c(OCC(=O)O)c(C)c2)cc1OC. The van der Waals surface area contributed by atoms with Crippen LogP contribution in [0.3, 0.4) is 0 Å². The fraction of sp³-hybridized carbons (Fsp3) is 0.300. The van der Waals surface area contributed by atoms with E-state index in [1.165, 1.54) is 7.11 Å². The molecule has 0 bridgehead atoms. The number of hydrogen-bond acceptors (Lipinski definition) is 5. The Labute approximate surface area is 157 Å². The van der Waals surface area contributed by atoms with Gasteiger partial charge in [0.05, 0.1) is 13.7 Å². The van der Waals surface area contributed by atoms with Gasteiger partial charge in [-0.25, -0.2) is 4.79 Å². The van der Waals surface area contributed by atoms with Crippen LogP contribution in [0.25, 0.3) is 0 Å². The van der Waals surface area contributed by atoms with Crippen LogP contribution < -0.4 is 19.5 Å². The summed E-state index contributed by atoms with van der Waals surface area (Å²) in [5.74, 6) is 0.248. The Hall–Kier alpha value is -3.22. The van der Waals surface area contributed by atoms with Crippen molar-refractivity contribution in [2.45, 2.75) is 20.8 Å². The zero-order valence-corrected chi connectivity index (χ0v) is 15.8. The van der Waals surface area contributed by atoms with E-state index in [0.29, 0.717) is 46.2 Å². The number of carboxylic acids is 1. The smallest absolute Gasteiger partial charge is 0.341 e. The zero-order valence-electron chi connectivity index (χ0n) is 15.8. The number of aryl methyl sites for hydroxylation is 2. The highest BCUT2D eigenvalue weighted by molar-refractivity contribution is 6.04. The molecule has 0 aliphatic rings. The van der Waals surface area contributed by atoms with Crippen molar-refractivity contribution in [3.05, 3.63) is 47.0 Å². The summed E-state index contributed by atoms with van der Waals surface area (Å²) < 4.78 is 16.0. The van der Waals surface area contributed by atoms with Crippen molar-refractivity contribution >= 4 is 17.6 Å². The van der Waals surface area contributed by atoms with Crippen LogP contribution in [0.4, 0.5) is 5.69 Å². The van der Waals surface area contributed by atoms with Gasteiger partial charge in [0, 0.05) is 17.3 Å². The van der Waals surface area contributed by atoms with E-state index in [1.807, 2.05) is 6.92 Å². The Kier molecular flexibility index (Phi) is 6.65. The number of aliphatic carboxylic acids is 1. The van der Waals surface area contributed by atoms with E-state index in [0.717, 1.165) is 0 Å². The summed E-state index contributed by atoms with van der Waals surface area (Å²) in [5, 5.41) is 11.6. The molecule has 0 unspecified atom stereocenters. The molecular formula is C20H23NO6. The molecule has 144 valence electrons. The van der Waals surface area contributed by atoms with E-state index in [2.05, 4.69) is 5.32 Å². The van der Waals surface area contributed by atoms with Gasteiger partial charge in [-0.3, -0.25) is 4.79 Å². The Balaban J connectivity index is 2.19. The molecule has 0 radical (unpaired) electrons. The highest BCUT2D eigenvalue weighted by Gasteiger charge is 2.14. The molecule has 0 fully saturated rings. The Bertz CT molecular complexity index is 823. The van der Waals surface area contributed by atoms with Crippen LogP contribution in [0.5, 0.6) is 17.2 Å². The molecule has 2 aromatic rings. The van der Waals surface area contributed by atoms with Crippen molar-refractivity contribution in [3.8, 4) is 17.2 Å². The molecule has 0 spiro atoms. The lowest BCUT2D eigenvalue weighted by molar-refractivity contribution is -0.139. The van der Waals surface area contributed by atoms with Crippen LogP contribution in [-0.2, 0) is 4.79 Å². The quantitative estimate of drug-likeness (QED) is 0.736. The molecule has 0 aliphatic heterocycles. The van der Waals surface area contributed by atoms with Gasteiger partial charge < -0.3 is 24.6 Å². The molecule has 7 nitrogen and oxygen atoms in total. The van der Waals surface area contributed by atoms with Crippen molar-refractivity contribution in [2.24, 2.45) is 0 Å². The topological polar surface area (TPSA) is 94.1 Å². The number of benzene rings is 2. The Morgan fingerprint density at radius 1 is 1.04 bits per heavy atom. The molecule has 27 heavy (non-hydrogen) atoms. The third kappa shape index (κ3) is 5.13. The lowest BCUT2D eigenvalue weighted by atomic mass is 10.0. The van der Waals surface area contributed by atoms with Crippen molar-refractivity contribution in [3.63, 3.8) is 0 Å². The molecule has 0 aliphatic carbocycles. The monoisotopic (exact) mass is 373 g/mol. The second kappa shape index (κ2) is 8.93. The molecule has 2 aromatic carbocycles. The van der Waals surface area contributed by atoms with E-state index in [1.54, 1.807) is 44.2 Å². The number of nitrogens with one attached hydrogen (secondary N) is 1. The zero-order chi connectivity index (χ0) is 20.0. The van der Waals surface area contributed by atoms with Crippen molar-refractivity contribution in [1.29, 1.82) is 0 Å². The first kappa shape index (κ1) is 20.1. The number of carboxylic acid groups (broad SMARTS) is 1. The number of carbonyl (C=O) groups excluding carboxylic acids is 1. The lowest BCUT2D eigenvalue weighted by Crippen LogP contribution is -2.14. The fourth-order valence-electron chi connectivity index (χ4n) is 2.67. The molecule has 0 heterocycles. The average Bonchev–Trinajstić information content (AvgIpc) is 2.62. The van der Waals surface area contributed by atoms with Crippen LogP contribution in [0.1, 0.15) is 28.4 Å². The first-order valence-electron chi connectivity index (χ1n) is 8.43. The van der Waals surface area contributed by atoms with Gasteiger partial charge in [0.15, 0.2) is 18.1 Å². The van der Waals surface area contributed by atoms with Crippen LogP contribution in [-0.4, -0.2) is 37.3 Å². The normalized spacial score (nSPS) is 10.2. The maximum absolute atomic E-state index is 12.6. The number of anilines is 1. The van der Waals surface area contributed by atoms with Gasteiger partial charge in [-0.15, -0.1) is 0 Å². The van der Waals surface area contributed by atoms with Crippen LogP contribution in [0, 0.1) is 13.8 Å². The molecule has 2 rings (SSSR count). The van der Waals surface area contributed by atoms with Gasteiger partial charge >= 0.3 is 5.97 Å². The number of methoxy groups -OCH3 is 1. The minimum atomic E-state index is -1.06. The highest BCUT2D eigenvalue weighted by Crippen LogP contribution is 2.31. The molecule has 0 aromatic heterocycles. The first-order chi connectivity index (χ1) is 12.8. The van der Waals surface area contributed by atoms with E-state index in [9.17, 15) is 9.59 Å². The highest BCUT2D eigenvalue weighted by atomic mass is 16.5. The Morgan fingerprint density at radius 2 is 1.70 bits per heavy atom. The van der Waals surface area contributed by atoms with Gasteiger partial charge in [-0.05, 0) is 56.2 Å². The summed E-state index contributed by atoms with van der Waals surface area (Å²) in [6, 6.07) is 8.47. The molecular weight excluding hydrogens is 350 g/mol. The minimum absolute atomic E-state index is 0.294. The van der Waals surface area contributed by atoms with Gasteiger partial charge in [-0.2, -0.15) is 0 Å². The van der Waals surface area contributed by atoms with E-state index in [4.69, 9.17) is 19.3 Å². The van der Waals surface area contributed by atoms with Gasteiger partial charge in [0.1, 0.15) is 5.75 Å². The predicted molar refractivity (Wildman–Crippen MR) is 101 cm³/mol. The largest absolute Gasteiger partial charge is 0.493 e. The predicted octanol–water partition coefficient (Wildman–Crippen LogP) is 3.43. The van der Waals surface area contributed by atoms with Gasteiger partial charge in [-0.1, -0.05) is 0 Å². The third-order valence-electron chi connectivity index (χ3n) is 3.78. The molecule has 0 saturated carbocycles. The molecule has 0 atom stereocenters. The van der Waals surface area contributed by atoms with Crippen molar-refractivity contribution in [1.82, 2.24) is 0 Å². The second-order valence-electron chi connectivity index (χ2n) is 5.87. The van der Waals surface area contributed by atoms with E-state index >= 15 is 0 Å². The van der Waals surface area contributed by atoms with Crippen molar-refractivity contribution < 1.29 is 28.9 Å². The lowest BCUT2D eigenvalue weighted by Gasteiger charge is -2.14. The summed E-state index contributed by atoms with van der Waals surface area (Å²) in [4.78, 5) is 23.3. The standard InChI is InChI=1S/C20H23NO6/c1-5-26-16-7-6-15(10-17(16)25-4)21-20(24)14-8-12(2)19(13(3)9-14)27-11-18(22)23/h6-10H,5,11H2,1-4H3,(H,21,24)(H,22,23). The number of rotatable bonds is 8. The molecule has 7 heteroatoms. The Morgan fingerprint density at radius 3 is 2.26 bits per heavy atom. The number of amides is 1. The summed E-state index contributed by atoms with van der Waals surface area (Å²) >= 11 is 0. The van der Waals surface area contributed by atoms with Crippen LogP contribution in [0.15, 0.2) is 30.3 Å². The molecule has 2 N–H and O–H groups in total. The summed E-state index contributed by atoms with van der Waals surface area (Å²) in [6.07, 6.45) is 0. The third-order valence-corrected chi connectivity index (χ3v) is 3.78. The maximum Gasteiger partial charge on any atom is 0.341 e. The summed E-state index contributed by atoms with van der Waals surface area (Å²) in [6.45, 7) is 5.49. The number of ether oxygens (including phenoxy) is 3. The first-order valence-corrected chi connectivity index (χ1v) is 8.43. The number of hydrogen-bond donors (Lipinski definition) is 2. The van der Waals surface area contributed by atoms with Crippen molar-refractivity contribution in [2.75, 3.05) is 25.6 Å². The van der Waals surface area contributed by atoms with E-state index < -0.39 is 12.6 Å². The van der Waals surface area contributed by atoms with Gasteiger partial charge in [0.25, 0.3) is 5.91 Å². The van der Waals surface area contributed by atoms with Crippen LogP contribution in [0.2, 0.25) is 0 Å². The summed E-state index contributed by atoms with van der Waals surface area (Å²) in [7, 11) is 1.53. The van der Waals surface area contributed by atoms with E-state index in [-0.39, 0.29) is 5.91 Å². The average molecular weight is 373 g/mol. The maximum atomic E-state index is 12.6. The second-order valence-corrected chi connectivity index (χ2v) is 5.87. The molecule has 1 amide bonds. The van der Waals surface area contributed by atoms with Crippen LogP contribution >= 0.6 is 0 Å². The molecule has 0 saturated heterocycles. The summed E-state index contributed by atoms with van der Waals surface area (Å²) in [5.41, 5.74) is 2.39. The minimum Gasteiger partial charge on any atom is -0.493 e. The fourth-order valence-corrected chi connectivity index (χ4v) is 2.67. The number of carbonyl (C=O) groups is 2.